The molecule has 1 aliphatic heterocycles. The van der Waals surface area contributed by atoms with E-state index in [1.807, 2.05) is 48.5 Å². The van der Waals surface area contributed by atoms with Crippen LogP contribution in [-0.2, 0) is 71.5 Å². The first-order valence-electron chi connectivity index (χ1n) is 18.9. The van der Waals surface area contributed by atoms with Gasteiger partial charge in [0.1, 0.15) is 44.7 Å². The minimum atomic E-state index is -1.72. The van der Waals surface area contributed by atoms with Crippen LogP contribution in [-0.4, -0.2) is 129 Å². The van der Waals surface area contributed by atoms with E-state index >= 15 is 0 Å². The van der Waals surface area contributed by atoms with Gasteiger partial charge in [0, 0.05) is 33.6 Å². The van der Waals surface area contributed by atoms with Crippen LogP contribution in [0.15, 0.2) is 48.5 Å². The molecule has 4 rings (SSSR count). The van der Waals surface area contributed by atoms with Gasteiger partial charge in [-0.15, -0.1) is 0 Å². The first kappa shape index (κ1) is 46.6. The highest BCUT2D eigenvalue weighted by molar-refractivity contribution is 5.91. The van der Waals surface area contributed by atoms with Crippen molar-refractivity contribution in [3.63, 3.8) is 0 Å². The predicted octanol–water partition coefficient (Wildman–Crippen LogP) is 1.31. The quantitative estimate of drug-likeness (QED) is 0.0672. The van der Waals surface area contributed by atoms with Crippen LogP contribution in [0.1, 0.15) is 58.6 Å². The molecular weight excluding hydrogens is 794 g/mol. The molecule has 0 saturated carbocycles. The van der Waals surface area contributed by atoms with E-state index in [9.17, 15) is 38.4 Å². The van der Waals surface area contributed by atoms with E-state index in [0.717, 1.165) is 49.9 Å². The molecule has 0 aromatic heterocycles. The molecule has 1 heterocycles. The first-order valence-corrected chi connectivity index (χ1v) is 18.9. The summed E-state index contributed by atoms with van der Waals surface area (Å²) in [6.45, 7) is 4.74. The third-order valence-corrected chi connectivity index (χ3v) is 9.15. The fraction of sp³-hybridized carbons (Fsp3) is 0.500. The van der Waals surface area contributed by atoms with Crippen LogP contribution in [0.3, 0.4) is 0 Å². The van der Waals surface area contributed by atoms with E-state index in [1.54, 1.807) is 13.8 Å². The molecule has 0 unspecified atom stereocenters. The van der Waals surface area contributed by atoms with Gasteiger partial charge in [0.2, 0.25) is 11.8 Å². The Kier molecular flexibility index (Phi) is 16.9. The average Bonchev–Trinajstić information content (AvgIpc) is 3.50. The normalized spacial score (nSPS) is 20.3. The molecule has 2 aromatic carbocycles. The van der Waals surface area contributed by atoms with Gasteiger partial charge in [0.05, 0.1) is 6.61 Å². The largest absolute Gasteiger partial charge is 0.480 e. The van der Waals surface area contributed by atoms with E-state index in [0.29, 0.717) is 0 Å². The van der Waals surface area contributed by atoms with Crippen LogP contribution in [0.4, 0.5) is 4.79 Å². The molecule has 0 radical (unpaired) electrons. The molecule has 2 aliphatic rings. The van der Waals surface area contributed by atoms with Gasteiger partial charge in [-0.25, -0.2) is 9.59 Å². The topological polar surface area (TPSA) is 267 Å². The van der Waals surface area contributed by atoms with E-state index in [-0.39, 0.29) is 12.5 Å². The van der Waals surface area contributed by atoms with Crippen molar-refractivity contribution in [2.75, 3.05) is 33.2 Å². The first-order chi connectivity index (χ1) is 28.5. The van der Waals surface area contributed by atoms with Crippen molar-refractivity contribution in [2.24, 2.45) is 5.92 Å². The fourth-order valence-corrected chi connectivity index (χ4v) is 6.64. The SMILES string of the molecule is CC(=O)OC[C@H]1O[C@@H](OC[C@H](NC(=O)[C@@H](NC(=O)OCC2c3ccccc3-c3ccccc32)C(C)C)C(=O)NCOCC(=O)O)[C@H](OC(C)=O)[C@@H](OC(C)=O)[C@H]1OC(C)=O. The second kappa shape index (κ2) is 21.8. The van der Waals surface area contributed by atoms with Crippen LogP contribution in [0.25, 0.3) is 11.1 Å². The Morgan fingerprint density at radius 1 is 0.700 bits per heavy atom. The Labute approximate surface area is 344 Å². The van der Waals surface area contributed by atoms with Crippen LogP contribution in [0.2, 0.25) is 0 Å². The number of carboxylic acid groups (broad SMARTS) is 1. The van der Waals surface area contributed by atoms with Crippen molar-refractivity contribution in [2.45, 2.75) is 90.2 Å². The zero-order valence-corrected chi connectivity index (χ0v) is 33.8. The summed E-state index contributed by atoms with van der Waals surface area (Å²) in [7, 11) is 0. The van der Waals surface area contributed by atoms with Crippen molar-refractivity contribution >= 4 is 47.8 Å². The van der Waals surface area contributed by atoms with Gasteiger partial charge < -0.3 is 59.0 Å². The number of carbonyl (C=O) groups excluding carboxylic acids is 7. The van der Waals surface area contributed by atoms with Gasteiger partial charge >= 0.3 is 35.9 Å². The Bertz CT molecular complexity index is 1860. The number of rotatable bonds is 19. The highest BCUT2D eigenvalue weighted by atomic mass is 16.7. The summed E-state index contributed by atoms with van der Waals surface area (Å²) in [6.07, 6.45) is -8.75. The summed E-state index contributed by atoms with van der Waals surface area (Å²) in [4.78, 5) is 99.9. The average molecular weight is 844 g/mol. The van der Waals surface area contributed by atoms with Crippen molar-refractivity contribution in [3.8, 4) is 11.1 Å². The number of hydrogen-bond donors (Lipinski definition) is 4. The molecule has 326 valence electrons. The molecule has 20 heteroatoms. The second-order valence-corrected chi connectivity index (χ2v) is 14.1. The predicted molar refractivity (Wildman–Crippen MR) is 203 cm³/mol. The van der Waals surface area contributed by atoms with E-state index in [4.69, 9.17) is 43.0 Å². The molecule has 20 nitrogen and oxygen atoms in total. The standard InChI is InChI=1S/C40H49N3O17/c1-20(2)33(43-40(52)56-15-29-27-13-9-7-11-25(27)26-12-8-10-14-28(26)29)38(51)42-30(37(50)41-19-53-18-32(48)49)16-55-39-36(59-24(6)47)35(58-23(5)46)34(57-22(4)45)31(60-39)17-54-21(3)44/h7-14,20,29-31,33-36,39H,15-19H2,1-6H3,(H,41,50)(H,42,51)(H,43,52)(H,48,49)/t30-,31+,33-,34-,35-,36+,39+/m0/s1. The van der Waals surface area contributed by atoms with Crippen LogP contribution < -0.4 is 16.0 Å². The lowest BCUT2D eigenvalue weighted by molar-refractivity contribution is -0.308. The molecule has 3 amide bonds. The summed E-state index contributed by atoms with van der Waals surface area (Å²) in [6, 6.07) is 12.6. The number of alkyl carbamates (subject to hydrolysis) is 1. The number of carboxylic acids is 1. The number of ether oxygens (including phenoxy) is 8. The van der Waals surface area contributed by atoms with Crippen LogP contribution in [0.5, 0.6) is 0 Å². The lowest BCUT2D eigenvalue weighted by atomic mass is 9.98. The third kappa shape index (κ3) is 12.9. The highest BCUT2D eigenvalue weighted by Crippen LogP contribution is 2.44. The third-order valence-electron chi connectivity index (χ3n) is 9.15. The summed E-state index contributed by atoms with van der Waals surface area (Å²) >= 11 is 0. The van der Waals surface area contributed by atoms with Crippen LogP contribution in [0, 0.1) is 5.92 Å². The maximum Gasteiger partial charge on any atom is 0.407 e. The van der Waals surface area contributed by atoms with Crippen molar-refractivity contribution < 1.29 is 81.4 Å². The summed E-state index contributed by atoms with van der Waals surface area (Å²) in [5, 5.41) is 16.3. The van der Waals surface area contributed by atoms with Crippen molar-refractivity contribution in [1.29, 1.82) is 0 Å². The summed E-state index contributed by atoms with van der Waals surface area (Å²) in [5.74, 6) is -7.38. The van der Waals surface area contributed by atoms with Gasteiger partial charge in [-0.1, -0.05) is 62.4 Å². The minimum absolute atomic E-state index is 0.0441. The molecule has 0 spiro atoms. The summed E-state index contributed by atoms with van der Waals surface area (Å²) < 4.78 is 43.6. The zero-order valence-electron chi connectivity index (χ0n) is 33.8. The van der Waals surface area contributed by atoms with E-state index in [2.05, 4.69) is 16.0 Å². The van der Waals surface area contributed by atoms with Gasteiger partial charge in [-0.3, -0.25) is 28.8 Å². The Morgan fingerprint density at radius 3 is 1.82 bits per heavy atom. The monoisotopic (exact) mass is 843 g/mol. The van der Waals surface area contributed by atoms with Gasteiger partial charge in [-0.2, -0.15) is 0 Å². The molecule has 60 heavy (non-hydrogen) atoms. The number of nitrogens with one attached hydrogen (secondary N) is 3. The number of amides is 3. The molecule has 1 fully saturated rings. The van der Waals surface area contributed by atoms with E-state index in [1.165, 1.54) is 0 Å². The molecule has 7 atom stereocenters. The highest BCUT2D eigenvalue weighted by Gasteiger charge is 2.53. The number of fused-ring (bicyclic) bond motifs is 3. The second-order valence-electron chi connectivity index (χ2n) is 14.1. The molecular formula is C40H49N3O17. The number of carbonyl (C=O) groups is 8. The Balaban J connectivity index is 1.54. The number of benzene rings is 2. The fourth-order valence-electron chi connectivity index (χ4n) is 6.64. The molecule has 4 N–H and O–H groups in total. The number of hydrogen-bond acceptors (Lipinski definition) is 16. The maximum absolute atomic E-state index is 13.8. The summed E-state index contributed by atoms with van der Waals surface area (Å²) in [5.41, 5.74) is 3.99. The molecule has 2 aromatic rings. The molecule has 1 saturated heterocycles. The van der Waals surface area contributed by atoms with E-state index < -0.39 is 123 Å². The number of aliphatic carboxylic acids is 1. The Morgan fingerprint density at radius 2 is 1.27 bits per heavy atom. The minimum Gasteiger partial charge on any atom is -0.480 e. The smallest absolute Gasteiger partial charge is 0.407 e. The molecule has 0 bridgehead atoms. The lowest BCUT2D eigenvalue weighted by Gasteiger charge is -2.44. The maximum atomic E-state index is 13.8. The van der Waals surface area contributed by atoms with Crippen molar-refractivity contribution in [3.05, 3.63) is 59.7 Å². The van der Waals surface area contributed by atoms with Gasteiger partial charge in [-0.05, 0) is 28.2 Å². The Hall–Kier alpha value is -6.12. The zero-order chi connectivity index (χ0) is 44.1. The van der Waals surface area contributed by atoms with Gasteiger partial charge in [0.25, 0.3) is 0 Å². The van der Waals surface area contributed by atoms with Crippen LogP contribution >= 0.6 is 0 Å². The lowest BCUT2D eigenvalue weighted by Crippen LogP contribution is -2.63. The molecule has 1 aliphatic carbocycles. The number of esters is 4. The van der Waals surface area contributed by atoms with Crippen molar-refractivity contribution in [1.82, 2.24) is 16.0 Å². The van der Waals surface area contributed by atoms with Gasteiger partial charge in [0.15, 0.2) is 24.6 Å².